The highest BCUT2D eigenvalue weighted by atomic mass is 16.7. The summed E-state index contributed by atoms with van der Waals surface area (Å²) in [6.07, 6.45) is -7.19. The van der Waals surface area contributed by atoms with Crippen LogP contribution in [0.1, 0.15) is 27.0 Å². The summed E-state index contributed by atoms with van der Waals surface area (Å²) in [5.74, 6) is -0.230. The van der Waals surface area contributed by atoms with Crippen LogP contribution in [0.3, 0.4) is 0 Å². The van der Waals surface area contributed by atoms with Crippen LogP contribution >= 0.6 is 0 Å². The van der Waals surface area contributed by atoms with E-state index in [1.165, 1.54) is 32.4 Å². The van der Waals surface area contributed by atoms with Crippen LogP contribution in [0.4, 0.5) is 0 Å². The van der Waals surface area contributed by atoms with Crippen molar-refractivity contribution in [3.05, 3.63) is 131 Å². The molecule has 5 atom stereocenters. The number of aliphatic hydroxyl groups excluding tert-OH is 3. The highest BCUT2D eigenvalue weighted by Gasteiger charge is 2.47. The predicted octanol–water partition coefficient (Wildman–Crippen LogP) is 3.68. The van der Waals surface area contributed by atoms with Gasteiger partial charge in [0.25, 0.3) is 0 Å². The minimum Gasteiger partial charge on any atom is -0.493 e. The summed E-state index contributed by atoms with van der Waals surface area (Å²) in [7, 11) is 2.66. The minimum atomic E-state index is -1.60. The second kappa shape index (κ2) is 13.4. The molecule has 4 aromatic carbocycles. The summed E-state index contributed by atoms with van der Waals surface area (Å²) >= 11 is 0. The first kappa shape index (κ1) is 30.2. The molecule has 0 unspecified atom stereocenters. The van der Waals surface area contributed by atoms with Crippen LogP contribution in [0.5, 0.6) is 11.5 Å². The number of carbonyl (C=O) groups excluding carboxylic acids is 1. The molecule has 4 aromatic rings. The predicted molar refractivity (Wildman–Crippen MR) is 157 cm³/mol. The van der Waals surface area contributed by atoms with Crippen LogP contribution in [-0.2, 0) is 19.8 Å². The van der Waals surface area contributed by atoms with Crippen LogP contribution in [0.15, 0.2) is 109 Å². The molecule has 0 saturated carbocycles. The number of methoxy groups -OCH3 is 2. The Morgan fingerprint density at radius 3 is 1.74 bits per heavy atom. The Kier molecular flexibility index (Phi) is 9.40. The molecule has 0 aromatic heterocycles. The zero-order valence-electron chi connectivity index (χ0n) is 23.8. The van der Waals surface area contributed by atoms with Gasteiger partial charge in [-0.15, -0.1) is 0 Å². The minimum absolute atomic E-state index is 0.148. The van der Waals surface area contributed by atoms with Gasteiger partial charge in [0.2, 0.25) is 6.29 Å². The first-order chi connectivity index (χ1) is 20.9. The molecule has 5 rings (SSSR count). The molecule has 224 valence electrons. The fourth-order valence-electron chi connectivity index (χ4n) is 5.26. The zero-order chi connectivity index (χ0) is 30.4. The average molecular weight is 587 g/mol. The lowest BCUT2D eigenvalue weighted by atomic mass is 9.80. The topological polar surface area (TPSA) is 124 Å². The quantitative estimate of drug-likeness (QED) is 0.189. The number of ether oxygens (including phenoxy) is 5. The third-order valence-corrected chi connectivity index (χ3v) is 7.50. The number of rotatable bonds is 10. The molecule has 0 spiro atoms. The van der Waals surface area contributed by atoms with Gasteiger partial charge in [-0.2, -0.15) is 0 Å². The highest BCUT2D eigenvalue weighted by Crippen LogP contribution is 2.41. The van der Waals surface area contributed by atoms with Gasteiger partial charge in [-0.25, -0.2) is 4.79 Å². The van der Waals surface area contributed by atoms with Crippen LogP contribution in [-0.4, -0.2) is 72.8 Å². The molecule has 1 heterocycles. The third-order valence-electron chi connectivity index (χ3n) is 7.50. The van der Waals surface area contributed by atoms with Gasteiger partial charge in [-0.05, 0) is 34.9 Å². The molecule has 9 heteroatoms. The van der Waals surface area contributed by atoms with E-state index in [2.05, 4.69) is 0 Å². The fraction of sp³-hybridized carbons (Fsp3) is 0.265. The molecule has 43 heavy (non-hydrogen) atoms. The van der Waals surface area contributed by atoms with Crippen LogP contribution < -0.4 is 9.47 Å². The van der Waals surface area contributed by atoms with E-state index in [1.807, 2.05) is 91.0 Å². The van der Waals surface area contributed by atoms with Gasteiger partial charge >= 0.3 is 5.97 Å². The Balaban J connectivity index is 1.46. The van der Waals surface area contributed by atoms with Crippen LogP contribution in [0, 0.1) is 0 Å². The van der Waals surface area contributed by atoms with E-state index in [-0.39, 0.29) is 23.7 Å². The Morgan fingerprint density at radius 2 is 1.26 bits per heavy atom. The molecule has 9 nitrogen and oxygen atoms in total. The number of benzene rings is 4. The molecule has 1 fully saturated rings. The average Bonchev–Trinajstić information content (AvgIpc) is 3.07. The maximum absolute atomic E-state index is 12.0. The fourth-order valence-corrected chi connectivity index (χ4v) is 5.26. The lowest BCUT2D eigenvalue weighted by Crippen LogP contribution is -2.60. The van der Waals surface area contributed by atoms with E-state index in [1.54, 1.807) is 0 Å². The van der Waals surface area contributed by atoms with Gasteiger partial charge in [-0.3, -0.25) is 0 Å². The molecule has 0 radical (unpaired) electrons. The van der Waals surface area contributed by atoms with E-state index in [0.717, 1.165) is 16.7 Å². The van der Waals surface area contributed by atoms with E-state index in [4.69, 9.17) is 23.7 Å². The Hall–Kier alpha value is -4.25. The van der Waals surface area contributed by atoms with Crippen molar-refractivity contribution in [2.45, 2.75) is 36.3 Å². The van der Waals surface area contributed by atoms with Crippen molar-refractivity contribution >= 4 is 5.97 Å². The van der Waals surface area contributed by atoms with Crippen molar-refractivity contribution in [3.63, 3.8) is 0 Å². The smallest absolute Gasteiger partial charge is 0.337 e. The van der Waals surface area contributed by atoms with Gasteiger partial charge in [0.1, 0.15) is 30.0 Å². The monoisotopic (exact) mass is 586 g/mol. The lowest BCUT2D eigenvalue weighted by molar-refractivity contribution is -0.283. The number of esters is 1. The van der Waals surface area contributed by atoms with Gasteiger partial charge in [0.05, 0.1) is 26.4 Å². The summed E-state index contributed by atoms with van der Waals surface area (Å²) in [4.78, 5) is 12.0. The van der Waals surface area contributed by atoms with Gasteiger partial charge in [0, 0.05) is 0 Å². The molecular weight excluding hydrogens is 552 g/mol. The molecule has 3 N–H and O–H groups in total. The Morgan fingerprint density at radius 1 is 0.721 bits per heavy atom. The third kappa shape index (κ3) is 6.13. The normalized spacial score (nSPS) is 22.0. The van der Waals surface area contributed by atoms with Gasteiger partial charge < -0.3 is 39.0 Å². The number of hydrogen-bond donors (Lipinski definition) is 3. The van der Waals surface area contributed by atoms with Crippen molar-refractivity contribution in [1.82, 2.24) is 0 Å². The second-order valence-corrected chi connectivity index (χ2v) is 10.1. The maximum Gasteiger partial charge on any atom is 0.337 e. The molecule has 0 bridgehead atoms. The van der Waals surface area contributed by atoms with Crippen molar-refractivity contribution in [3.8, 4) is 11.5 Å². The molecule has 0 amide bonds. The molecule has 1 aliphatic rings. The summed E-state index contributed by atoms with van der Waals surface area (Å²) in [5, 5.41) is 32.6. The van der Waals surface area contributed by atoms with E-state index < -0.39 is 42.3 Å². The zero-order valence-corrected chi connectivity index (χ0v) is 23.8. The van der Waals surface area contributed by atoms with Crippen molar-refractivity contribution < 1.29 is 43.8 Å². The first-order valence-electron chi connectivity index (χ1n) is 13.8. The summed E-state index contributed by atoms with van der Waals surface area (Å²) in [5.41, 5.74) is 1.68. The molecular formula is C34H34O9. The summed E-state index contributed by atoms with van der Waals surface area (Å²) in [6.45, 7) is -0.179. The summed E-state index contributed by atoms with van der Waals surface area (Å²) in [6, 6.07) is 33.5. The van der Waals surface area contributed by atoms with Crippen molar-refractivity contribution in [1.29, 1.82) is 0 Å². The second-order valence-electron chi connectivity index (χ2n) is 10.1. The molecule has 0 aliphatic carbocycles. The molecule has 1 saturated heterocycles. The van der Waals surface area contributed by atoms with Crippen molar-refractivity contribution in [2.75, 3.05) is 20.8 Å². The van der Waals surface area contributed by atoms with E-state index in [0.29, 0.717) is 0 Å². The Bertz CT molecular complexity index is 1380. The largest absolute Gasteiger partial charge is 0.493 e. The first-order valence-corrected chi connectivity index (χ1v) is 13.8. The van der Waals surface area contributed by atoms with E-state index >= 15 is 0 Å². The highest BCUT2D eigenvalue weighted by molar-refractivity contribution is 5.90. The SMILES string of the molecule is COC(=O)c1ccc(O[C@@H]2O[C@H](COC(c3ccccc3)(c3ccccc3)c3ccccc3)[C@@H](O)[C@H](O)[C@H]2O)c(OC)c1. The number of hydrogen-bond acceptors (Lipinski definition) is 9. The van der Waals surface area contributed by atoms with Gasteiger partial charge in [-0.1, -0.05) is 91.0 Å². The molecule has 1 aliphatic heterocycles. The van der Waals surface area contributed by atoms with Crippen LogP contribution in [0.2, 0.25) is 0 Å². The summed E-state index contributed by atoms with van der Waals surface area (Å²) < 4.78 is 28.8. The van der Waals surface area contributed by atoms with Crippen LogP contribution in [0.25, 0.3) is 0 Å². The number of aliphatic hydroxyl groups is 3. The van der Waals surface area contributed by atoms with Gasteiger partial charge in [0.15, 0.2) is 11.5 Å². The standard InChI is InChI=1S/C34H34O9/c1-39-27-20-22(32(38)40-2)18-19-26(27)42-33-31(37)30(36)29(35)28(43-33)21-41-34(23-12-6-3-7-13-23,24-14-8-4-9-15-24)25-16-10-5-11-17-25/h3-20,28-31,33,35-37H,21H2,1-2H3/t28-,29-,30+,31-,33-/m1/s1. The van der Waals surface area contributed by atoms with E-state index in [9.17, 15) is 20.1 Å². The lowest BCUT2D eigenvalue weighted by Gasteiger charge is -2.42. The maximum atomic E-state index is 12.0. The van der Waals surface area contributed by atoms with Crippen molar-refractivity contribution in [2.24, 2.45) is 0 Å². The number of carbonyl (C=O) groups is 1. The Labute approximate surface area is 249 Å².